The van der Waals surface area contributed by atoms with Gasteiger partial charge in [-0.25, -0.2) is 0 Å². The molecule has 1 aromatic heterocycles. The maximum atomic E-state index is 13.8. The molecular weight excluding hydrogens is 424 g/mol. The van der Waals surface area contributed by atoms with Gasteiger partial charge in [-0.15, -0.1) is 0 Å². The van der Waals surface area contributed by atoms with E-state index in [4.69, 9.17) is 16.7 Å². The predicted molar refractivity (Wildman–Crippen MR) is 125 cm³/mol. The number of carbonyl (C=O) groups excluding carboxylic acids is 2. The van der Waals surface area contributed by atoms with E-state index in [1.54, 1.807) is 9.58 Å². The Morgan fingerprint density at radius 3 is 2.56 bits per heavy atom. The van der Waals surface area contributed by atoms with Gasteiger partial charge in [-0.3, -0.25) is 19.2 Å². The van der Waals surface area contributed by atoms with Crippen LogP contribution in [0.5, 0.6) is 0 Å². The Bertz CT molecular complexity index is 1050. The monoisotopic (exact) mass is 454 g/mol. The summed E-state index contributed by atoms with van der Waals surface area (Å²) in [6.45, 7) is 4.08. The Morgan fingerprint density at radius 2 is 1.88 bits per heavy atom. The highest BCUT2D eigenvalue weighted by Gasteiger charge is 2.50. The molecule has 2 heterocycles. The summed E-state index contributed by atoms with van der Waals surface area (Å²) in [5.74, 6) is 0.124. The summed E-state index contributed by atoms with van der Waals surface area (Å²) in [6, 6.07) is 7.59. The molecule has 0 spiro atoms. The standard InChI is InChI=1S/C25H31ClN4O2/c1-16-19(26)10-7-11-21(16)30-23(31)22-14-20(17-12-13-17)28-29(22)15-25(30,2)24(32)27-18-8-5-3-4-6-9-18/h7,10-11,14,17-18H,3-6,8-9,12-13,15H2,1-2H3,(H,27,32)/t25-/m0/s1. The zero-order chi connectivity index (χ0) is 22.5. The maximum Gasteiger partial charge on any atom is 0.277 e. The molecule has 1 N–H and O–H groups in total. The number of benzene rings is 1. The van der Waals surface area contributed by atoms with Gasteiger partial charge in [0.25, 0.3) is 5.91 Å². The van der Waals surface area contributed by atoms with E-state index < -0.39 is 5.54 Å². The number of aromatic nitrogens is 2. The van der Waals surface area contributed by atoms with Gasteiger partial charge in [0.15, 0.2) is 0 Å². The van der Waals surface area contributed by atoms with E-state index in [9.17, 15) is 9.59 Å². The molecule has 2 saturated carbocycles. The smallest absolute Gasteiger partial charge is 0.277 e. The highest BCUT2D eigenvalue weighted by molar-refractivity contribution is 6.32. The van der Waals surface area contributed by atoms with E-state index in [1.807, 2.05) is 38.1 Å². The van der Waals surface area contributed by atoms with Crippen molar-refractivity contribution in [2.75, 3.05) is 4.90 Å². The minimum Gasteiger partial charge on any atom is -0.351 e. The van der Waals surface area contributed by atoms with Gasteiger partial charge in [0, 0.05) is 22.7 Å². The van der Waals surface area contributed by atoms with Crippen LogP contribution in [0.15, 0.2) is 24.3 Å². The van der Waals surface area contributed by atoms with Crippen molar-refractivity contribution in [3.05, 3.63) is 46.2 Å². The molecule has 32 heavy (non-hydrogen) atoms. The quantitative estimate of drug-likeness (QED) is 0.662. The largest absolute Gasteiger partial charge is 0.351 e. The molecule has 3 aliphatic rings. The Balaban J connectivity index is 1.55. The molecule has 7 heteroatoms. The summed E-state index contributed by atoms with van der Waals surface area (Å²) in [7, 11) is 0. The second-order valence-corrected chi connectivity index (χ2v) is 10.3. The van der Waals surface area contributed by atoms with Crippen LogP contribution in [0.25, 0.3) is 0 Å². The first-order chi connectivity index (χ1) is 15.4. The van der Waals surface area contributed by atoms with Crippen LogP contribution in [0.1, 0.15) is 86.0 Å². The maximum absolute atomic E-state index is 13.8. The summed E-state index contributed by atoms with van der Waals surface area (Å²) in [4.78, 5) is 29.3. The second-order valence-electron chi connectivity index (χ2n) is 9.85. The number of nitrogens with zero attached hydrogens (tertiary/aromatic N) is 3. The predicted octanol–water partition coefficient (Wildman–Crippen LogP) is 4.98. The molecule has 2 aliphatic carbocycles. The number of fused-ring (bicyclic) bond motifs is 1. The van der Waals surface area contributed by atoms with E-state index >= 15 is 0 Å². The molecule has 1 aliphatic heterocycles. The zero-order valence-corrected chi connectivity index (χ0v) is 19.6. The van der Waals surface area contributed by atoms with Gasteiger partial charge in [0.2, 0.25) is 5.91 Å². The van der Waals surface area contributed by atoms with Gasteiger partial charge < -0.3 is 5.32 Å². The minimum atomic E-state index is -1.10. The first kappa shape index (κ1) is 21.5. The highest BCUT2D eigenvalue weighted by Crippen LogP contribution is 2.42. The summed E-state index contributed by atoms with van der Waals surface area (Å²) < 4.78 is 1.75. The lowest BCUT2D eigenvalue weighted by Crippen LogP contribution is -2.65. The number of nitrogens with one attached hydrogen (secondary N) is 1. The van der Waals surface area contributed by atoms with Crippen molar-refractivity contribution in [3.63, 3.8) is 0 Å². The molecule has 1 atom stereocenters. The lowest BCUT2D eigenvalue weighted by Gasteiger charge is -2.44. The Morgan fingerprint density at radius 1 is 1.16 bits per heavy atom. The molecular formula is C25H31ClN4O2. The SMILES string of the molecule is Cc1c(Cl)cccc1N1C(=O)c2cc(C3CC3)nn2C[C@@]1(C)C(=O)NC1CCCCCC1. The third-order valence-electron chi connectivity index (χ3n) is 7.33. The fraction of sp³-hybridized carbons (Fsp3) is 0.560. The van der Waals surface area contributed by atoms with E-state index in [2.05, 4.69) is 5.32 Å². The van der Waals surface area contributed by atoms with Crippen LogP contribution in [0.4, 0.5) is 5.69 Å². The van der Waals surface area contributed by atoms with Crippen molar-refractivity contribution >= 4 is 29.1 Å². The van der Waals surface area contributed by atoms with Gasteiger partial charge in [-0.1, -0.05) is 43.4 Å². The van der Waals surface area contributed by atoms with Crippen LogP contribution in [-0.2, 0) is 11.3 Å². The van der Waals surface area contributed by atoms with E-state index in [-0.39, 0.29) is 17.9 Å². The molecule has 2 aromatic rings. The number of anilines is 1. The number of halogens is 1. The highest BCUT2D eigenvalue weighted by atomic mass is 35.5. The molecule has 0 radical (unpaired) electrons. The van der Waals surface area contributed by atoms with Crippen molar-refractivity contribution in [2.24, 2.45) is 0 Å². The van der Waals surface area contributed by atoms with Crippen molar-refractivity contribution in [3.8, 4) is 0 Å². The molecule has 0 unspecified atom stereocenters. The number of rotatable bonds is 4. The van der Waals surface area contributed by atoms with Gasteiger partial charge in [0.1, 0.15) is 11.2 Å². The van der Waals surface area contributed by atoms with Gasteiger partial charge in [-0.05, 0) is 63.3 Å². The van der Waals surface area contributed by atoms with E-state index in [1.165, 1.54) is 12.8 Å². The lowest BCUT2D eigenvalue weighted by atomic mass is 9.92. The fourth-order valence-electron chi connectivity index (χ4n) is 5.16. The summed E-state index contributed by atoms with van der Waals surface area (Å²) >= 11 is 6.43. The zero-order valence-electron chi connectivity index (χ0n) is 18.9. The topological polar surface area (TPSA) is 67.2 Å². The third kappa shape index (κ3) is 3.72. The van der Waals surface area contributed by atoms with Crippen LogP contribution < -0.4 is 10.2 Å². The number of hydrogen-bond donors (Lipinski definition) is 1. The lowest BCUT2D eigenvalue weighted by molar-refractivity contribution is -0.127. The van der Waals surface area contributed by atoms with Gasteiger partial charge >= 0.3 is 0 Å². The number of hydrogen-bond acceptors (Lipinski definition) is 3. The first-order valence-electron chi connectivity index (χ1n) is 11.9. The minimum absolute atomic E-state index is 0.119. The summed E-state index contributed by atoms with van der Waals surface area (Å²) in [6.07, 6.45) is 8.91. The number of amides is 2. The molecule has 6 nitrogen and oxygen atoms in total. The summed E-state index contributed by atoms with van der Waals surface area (Å²) in [5, 5.41) is 8.61. The van der Waals surface area contributed by atoms with E-state index in [0.29, 0.717) is 28.9 Å². The first-order valence-corrected chi connectivity index (χ1v) is 12.2. The van der Waals surface area contributed by atoms with Crippen molar-refractivity contribution < 1.29 is 9.59 Å². The molecule has 1 aromatic carbocycles. The third-order valence-corrected chi connectivity index (χ3v) is 7.74. The second kappa shape index (κ2) is 8.22. The fourth-order valence-corrected chi connectivity index (χ4v) is 5.33. The number of carbonyl (C=O) groups is 2. The summed E-state index contributed by atoms with van der Waals surface area (Å²) in [5.41, 5.74) is 1.89. The molecule has 2 amide bonds. The average Bonchev–Trinajstić information content (AvgIpc) is 3.56. The Labute approximate surface area is 194 Å². The molecule has 0 bridgehead atoms. The van der Waals surface area contributed by atoms with Crippen molar-refractivity contribution in [1.29, 1.82) is 0 Å². The van der Waals surface area contributed by atoms with Gasteiger partial charge in [0.05, 0.1) is 12.2 Å². The normalized spacial score (nSPS) is 24.2. The van der Waals surface area contributed by atoms with Gasteiger partial charge in [-0.2, -0.15) is 5.10 Å². The Hall–Kier alpha value is -2.34. The Kier molecular flexibility index (Phi) is 5.52. The molecule has 2 fully saturated rings. The van der Waals surface area contributed by atoms with Crippen LogP contribution >= 0.6 is 11.6 Å². The molecule has 5 rings (SSSR count). The van der Waals surface area contributed by atoms with Crippen LogP contribution in [0, 0.1) is 6.92 Å². The van der Waals surface area contributed by atoms with Crippen LogP contribution in [-0.4, -0.2) is 33.2 Å². The van der Waals surface area contributed by atoms with Crippen LogP contribution in [0.2, 0.25) is 5.02 Å². The van der Waals surface area contributed by atoms with Crippen molar-refractivity contribution in [2.45, 2.75) is 89.3 Å². The van der Waals surface area contributed by atoms with Crippen LogP contribution in [0.3, 0.4) is 0 Å². The molecule has 170 valence electrons. The van der Waals surface area contributed by atoms with Crippen molar-refractivity contribution in [1.82, 2.24) is 15.1 Å². The average molecular weight is 455 g/mol. The molecule has 0 saturated heterocycles. The van der Waals surface area contributed by atoms with E-state index in [0.717, 1.165) is 49.8 Å².